The van der Waals surface area contributed by atoms with E-state index in [4.69, 9.17) is 10.5 Å². The van der Waals surface area contributed by atoms with Gasteiger partial charge in [-0.25, -0.2) is 4.39 Å². The van der Waals surface area contributed by atoms with Crippen LogP contribution in [0.3, 0.4) is 0 Å². The summed E-state index contributed by atoms with van der Waals surface area (Å²) in [4.78, 5) is 12.1. The number of hydrogen-bond donors (Lipinski definition) is 2. The predicted octanol–water partition coefficient (Wildman–Crippen LogP) is 2.98. The minimum absolute atomic E-state index is 0.311. The molecule has 2 aromatic rings. The quantitative estimate of drug-likeness (QED) is 0.846. The maximum Gasteiger partial charge on any atom is 0.255 e. The standard InChI is InChI=1S/C15H15FN2O2/c1-9-5-12(3-4-14(9)16)18-15(19)10-6-11(17)8-13(7-10)20-2/h3-8H,17H2,1-2H3,(H,18,19). The molecule has 0 saturated carbocycles. The lowest BCUT2D eigenvalue weighted by Gasteiger charge is -2.09. The highest BCUT2D eigenvalue weighted by Gasteiger charge is 2.09. The van der Waals surface area contributed by atoms with E-state index in [-0.39, 0.29) is 11.7 Å². The highest BCUT2D eigenvalue weighted by Crippen LogP contribution is 2.20. The normalized spacial score (nSPS) is 10.2. The van der Waals surface area contributed by atoms with E-state index in [9.17, 15) is 9.18 Å². The first-order valence-electron chi connectivity index (χ1n) is 6.01. The van der Waals surface area contributed by atoms with E-state index in [2.05, 4.69) is 5.32 Å². The average molecular weight is 274 g/mol. The number of anilines is 2. The lowest BCUT2D eigenvalue weighted by atomic mass is 10.1. The number of aryl methyl sites for hydroxylation is 1. The summed E-state index contributed by atoms with van der Waals surface area (Å²) in [7, 11) is 1.50. The third-order valence-electron chi connectivity index (χ3n) is 2.84. The van der Waals surface area contributed by atoms with E-state index in [0.717, 1.165) is 0 Å². The SMILES string of the molecule is COc1cc(N)cc(C(=O)Nc2ccc(F)c(C)c2)c1. The van der Waals surface area contributed by atoms with E-state index in [1.165, 1.54) is 19.2 Å². The summed E-state index contributed by atoms with van der Waals surface area (Å²) in [5.41, 5.74) is 7.50. The van der Waals surface area contributed by atoms with Gasteiger partial charge < -0.3 is 15.8 Å². The number of carbonyl (C=O) groups is 1. The first kappa shape index (κ1) is 13.9. The van der Waals surface area contributed by atoms with Crippen LogP contribution in [0.5, 0.6) is 5.75 Å². The first-order chi connectivity index (χ1) is 9.49. The second-order valence-corrected chi connectivity index (χ2v) is 4.41. The molecule has 0 aliphatic carbocycles. The van der Waals surface area contributed by atoms with Crippen LogP contribution < -0.4 is 15.8 Å². The summed E-state index contributed by atoms with van der Waals surface area (Å²) < 4.78 is 18.2. The smallest absolute Gasteiger partial charge is 0.255 e. The number of hydrogen-bond acceptors (Lipinski definition) is 3. The molecule has 2 rings (SSSR count). The topological polar surface area (TPSA) is 64.3 Å². The van der Waals surface area contributed by atoms with Gasteiger partial charge in [0.25, 0.3) is 5.91 Å². The molecule has 0 fully saturated rings. The fourth-order valence-corrected chi connectivity index (χ4v) is 1.80. The van der Waals surface area contributed by atoms with Gasteiger partial charge in [0.1, 0.15) is 11.6 Å². The van der Waals surface area contributed by atoms with Crippen molar-refractivity contribution < 1.29 is 13.9 Å². The fourth-order valence-electron chi connectivity index (χ4n) is 1.80. The van der Waals surface area contributed by atoms with Gasteiger partial charge in [0, 0.05) is 23.0 Å². The maximum absolute atomic E-state index is 13.2. The molecule has 0 bridgehead atoms. The molecule has 20 heavy (non-hydrogen) atoms. The summed E-state index contributed by atoms with van der Waals surface area (Å²) in [5.74, 6) is -0.138. The number of benzene rings is 2. The Balaban J connectivity index is 2.23. The zero-order chi connectivity index (χ0) is 14.7. The Morgan fingerprint density at radius 1 is 1.25 bits per heavy atom. The van der Waals surface area contributed by atoms with Crippen LogP contribution in [0.25, 0.3) is 0 Å². The minimum atomic E-state index is -0.332. The van der Waals surface area contributed by atoms with Crippen molar-refractivity contribution in [2.75, 3.05) is 18.2 Å². The number of nitrogen functional groups attached to an aromatic ring is 1. The Hall–Kier alpha value is -2.56. The van der Waals surface area contributed by atoms with Gasteiger partial charge in [0.2, 0.25) is 0 Å². The zero-order valence-electron chi connectivity index (χ0n) is 11.2. The predicted molar refractivity (Wildman–Crippen MR) is 76.5 cm³/mol. The van der Waals surface area contributed by atoms with Crippen molar-refractivity contribution in [3.8, 4) is 5.75 Å². The Bertz CT molecular complexity index is 656. The van der Waals surface area contributed by atoms with Gasteiger partial charge in [-0.3, -0.25) is 4.79 Å². The van der Waals surface area contributed by atoms with E-state index in [1.54, 1.807) is 31.2 Å². The molecule has 0 saturated heterocycles. The summed E-state index contributed by atoms with van der Waals surface area (Å²) in [6.45, 7) is 1.63. The second-order valence-electron chi connectivity index (χ2n) is 4.41. The number of carbonyl (C=O) groups excluding carboxylic acids is 1. The summed E-state index contributed by atoms with van der Waals surface area (Å²) in [6.07, 6.45) is 0. The number of methoxy groups -OCH3 is 1. The molecule has 0 aliphatic rings. The number of nitrogens with one attached hydrogen (secondary N) is 1. The van der Waals surface area contributed by atoms with Gasteiger partial charge in [0.15, 0.2) is 0 Å². The van der Waals surface area contributed by atoms with Crippen LogP contribution in [-0.2, 0) is 0 Å². The van der Waals surface area contributed by atoms with E-state index < -0.39 is 0 Å². The van der Waals surface area contributed by atoms with Crippen molar-refractivity contribution in [1.29, 1.82) is 0 Å². The highest BCUT2D eigenvalue weighted by molar-refractivity contribution is 6.05. The number of rotatable bonds is 3. The van der Waals surface area contributed by atoms with E-state index in [0.29, 0.717) is 28.3 Å². The van der Waals surface area contributed by atoms with Gasteiger partial charge in [-0.15, -0.1) is 0 Å². The van der Waals surface area contributed by atoms with Crippen LogP contribution >= 0.6 is 0 Å². The molecule has 1 amide bonds. The molecule has 0 spiro atoms. The molecule has 5 heteroatoms. The van der Waals surface area contributed by atoms with Crippen LogP contribution in [0.4, 0.5) is 15.8 Å². The molecular weight excluding hydrogens is 259 g/mol. The molecular formula is C15H15FN2O2. The van der Waals surface area contributed by atoms with Crippen LogP contribution in [-0.4, -0.2) is 13.0 Å². The molecule has 104 valence electrons. The summed E-state index contributed by atoms with van der Waals surface area (Å²) >= 11 is 0. The van der Waals surface area contributed by atoms with Crippen molar-refractivity contribution in [1.82, 2.24) is 0 Å². The van der Waals surface area contributed by atoms with Crippen LogP contribution in [0, 0.1) is 12.7 Å². The largest absolute Gasteiger partial charge is 0.497 e. The van der Waals surface area contributed by atoms with Crippen LogP contribution in [0.1, 0.15) is 15.9 Å². The Labute approximate surface area is 116 Å². The molecule has 4 nitrogen and oxygen atoms in total. The van der Waals surface area contributed by atoms with E-state index >= 15 is 0 Å². The number of ether oxygens (including phenoxy) is 1. The molecule has 0 aliphatic heterocycles. The first-order valence-corrected chi connectivity index (χ1v) is 6.01. The van der Waals surface area contributed by atoms with Crippen molar-refractivity contribution in [2.24, 2.45) is 0 Å². The van der Waals surface area contributed by atoms with Crippen LogP contribution in [0.2, 0.25) is 0 Å². The van der Waals surface area contributed by atoms with Crippen molar-refractivity contribution >= 4 is 17.3 Å². The fraction of sp³-hybridized carbons (Fsp3) is 0.133. The molecule has 3 N–H and O–H groups in total. The van der Waals surface area contributed by atoms with Crippen molar-refractivity contribution in [3.05, 3.63) is 53.3 Å². The van der Waals surface area contributed by atoms with E-state index in [1.807, 2.05) is 0 Å². The molecule has 0 unspecified atom stereocenters. The maximum atomic E-state index is 13.2. The zero-order valence-corrected chi connectivity index (χ0v) is 11.2. The van der Waals surface area contributed by atoms with Crippen molar-refractivity contribution in [2.45, 2.75) is 6.92 Å². The lowest BCUT2D eigenvalue weighted by molar-refractivity contribution is 0.102. The summed E-state index contributed by atoms with van der Waals surface area (Å²) in [5, 5.41) is 2.69. The van der Waals surface area contributed by atoms with Gasteiger partial charge in [0.05, 0.1) is 7.11 Å². The van der Waals surface area contributed by atoms with Gasteiger partial charge in [-0.05, 0) is 42.8 Å². The van der Waals surface area contributed by atoms with Gasteiger partial charge in [-0.1, -0.05) is 0 Å². The second kappa shape index (κ2) is 5.61. The molecule has 0 radical (unpaired) electrons. The molecule has 0 atom stereocenters. The third-order valence-corrected chi connectivity index (χ3v) is 2.84. The number of nitrogens with two attached hydrogens (primary N) is 1. The molecule has 0 heterocycles. The number of halogens is 1. The Morgan fingerprint density at radius 2 is 2.00 bits per heavy atom. The highest BCUT2D eigenvalue weighted by atomic mass is 19.1. The summed E-state index contributed by atoms with van der Waals surface area (Å²) in [6, 6.07) is 9.14. The molecule has 2 aromatic carbocycles. The van der Waals surface area contributed by atoms with Crippen molar-refractivity contribution in [3.63, 3.8) is 0 Å². The van der Waals surface area contributed by atoms with Crippen LogP contribution in [0.15, 0.2) is 36.4 Å². The Morgan fingerprint density at radius 3 is 2.65 bits per heavy atom. The third kappa shape index (κ3) is 3.06. The average Bonchev–Trinajstić information content (AvgIpc) is 2.42. The van der Waals surface area contributed by atoms with Gasteiger partial charge >= 0.3 is 0 Å². The minimum Gasteiger partial charge on any atom is -0.497 e. The lowest BCUT2D eigenvalue weighted by Crippen LogP contribution is -2.12. The molecule has 0 aromatic heterocycles. The van der Waals surface area contributed by atoms with Gasteiger partial charge in [-0.2, -0.15) is 0 Å². The monoisotopic (exact) mass is 274 g/mol. The number of amides is 1. The Kier molecular flexibility index (Phi) is 3.89.